The van der Waals surface area contributed by atoms with Gasteiger partial charge < -0.3 is 10.2 Å². The fraction of sp³-hybridized carbons (Fsp3) is 0.167. The molecule has 0 saturated carbocycles. The van der Waals surface area contributed by atoms with Crippen LogP contribution in [0, 0.1) is 3.57 Å². The van der Waals surface area contributed by atoms with Crippen molar-refractivity contribution in [2.24, 2.45) is 0 Å². The van der Waals surface area contributed by atoms with Crippen molar-refractivity contribution in [3.05, 3.63) is 40.4 Å². The summed E-state index contributed by atoms with van der Waals surface area (Å²) in [4.78, 5) is 10.2. The Bertz CT molecular complexity index is 496. The summed E-state index contributed by atoms with van der Waals surface area (Å²) in [7, 11) is 4.05. The lowest BCUT2D eigenvalue weighted by atomic mass is 10.2. The highest BCUT2D eigenvalue weighted by Crippen LogP contribution is 2.21. The van der Waals surface area contributed by atoms with Crippen LogP contribution in [-0.4, -0.2) is 24.1 Å². The summed E-state index contributed by atoms with van der Waals surface area (Å²) >= 11 is 2.21. The molecular formula is C12H13IN4. The number of halogens is 1. The summed E-state index contributed by atoms with van der Waals surface area (Å²) < 4.78 is 1.00. The van der Waals surface area contributed by atoms with Gasteiger partial charge in [0.25, 0.3) is 0 Å². The predicted octanol–water partition coefficient (Wildman–Crippen LogP) is 2.89. The summed E-state index contributed by atoms with van der Waals surface area (Å²) in [5.74, 6) is 0.832. The molecular weight excluding hydrogens is 327 g/mol. The van der Waals surface area contributed by atoms with E-state index in [1.54, 1.807) is 12.5 Å². The number of nitrogens with one attached hydrogen (secondary N) is 1. The molecule has 4 nitrogen and oxygen atoms in total. The van der Waals surface area contributed by atoms with Crippen LogP contribution in [0.25, 0.3) is 0 Å². The first-order valence-electron chi connectivity index (χ1n) is 5.17. The van der Waals surface area contributed by atoms with Gasteiger partial charge in [-0.3, -0.25) is 0 Å². The van der Waals surface area contributed by atoms with Crippen molar-refractivity contribution < 1.29 is 0 Å². The monoisotopic (exact) mass is 340 g/mol. The second-order valence-corrected chi connectivity index (χ2v) is 4.95. The quantitative estimate of drug-likeness (QED) is 0.873. The Morgan fingerprint density at radius 1 is 1.18 bits per heavy atom. The highest BCUT2D eigenvalue weighted by atomic mass is 127. The fourth-order valence-corrected chi connectivity index (χ4v) is 1.82. The van der Waals surface area contributed by atoms with E-state index in [0.29, 0.717) is 0 Å². The van der Waals surface area contributed by atoms with E-state index in [1.807, 2.05) is 26.2 Å². The first-order chi connectivity index (χ1) is 8.16. The molecule has 1 heterocycles. The van der Waals surface area contributed by atoms with Crippen LogP contribution in [0.3, 0.4) is 0 Å². The number of nitrogens with zero attached hydrogens (tertiary/aromatic N) is 3. The van der Waals surface area contributed by atoms with Crippen LogP contribution < -0.4 is 10.2 Å². The van der Waals surface area contributed by atoms with Gasteiger partial charge in [-0.25, -0.2) is 9.97 Å². The van der Waals surface area contributed by atoms with Crippen LogP contribution in [-0.2, 0) is 0 Å². The Morgan fingerprint density at radius 2 is 1.88 bits per heavy atom. The van der Waals surface area contributed by atoms with Crippen molar-refractivity contribution in [2.75, 3.05) is 24.3 Å². The van der Waals surface area contributed by atoms with Gasteiger partial charge in [-0.1, -0.05) is 0 Å². The van der Waals surface area contributed by atoms with Crippen LogP contribution in [0.1, 0.15) is 0 Å². The Labute approximate surface area is 114 Å². The van der Waals surface area contributed by atoms with E-state index in [0.717, 1.165) is 15.1 Å². The normalized spacial score (nSPS) is 10.1. The molecule has 1 aromatic carbocycles. The minimum absolute atomic E-state index is 0.832. The number of hydrogen-bond donors (Lipinski definition) is 1. The predicted molar refractivity (Wildman–Crippen MR) is 78.8 cm³/mol. The maximum atomic E-state index is 4.19. The first-order valence-corrected chi connectivity index (χ1v) is 6.24. The molecule has 0 radical (unpaired) electrons. The Balaban J connectivity index is 2.17. The van der Waals surface area contributed by atoms with E-state index in [4.69, 9.17) is 0 Å². The van der Waals surface area contributed by atoms with E-state index >= 15 is 0 Å². The molecule has 0 spiro atoms. The van der Waals surface area contributed by atoms with Crippen molar-refractivity contribution in [3.8, 4) is 0 Å². The Kier molecular flexibility index (Phi) is 3.78. The number of aromatic nitrogens is 2. The minimum Gasteiger partial charge on any atom is -0.378 e. The van der Waals surface area contributed by atoms with Gasteiger partial charge in [-0.15, -0.1) is 0 Å². The van der Waals surface area contributed by atoms with Crippen LogP contribution in [0.15, 0.2) is 36.8 Å². The molecule has 0 aliphatic heterocycles. The topological polar surface area (TPSA) is 41.0 Å². The molecule has 2 aromatic rings. The van der Waals surface area contributed by atoms with Crippen molar-refractivity contribution in [1.82, 2.24) is 9.97 Å². The minimum atomic E-state index is 0.832. The van der Waals surface area contributed by atoms with Crippen LogP contribution in [0.4, 0.5) is 17.2 Å². The third kappa shape index (κ3) is 3.06. The van der Waals surface area contributed by atoms with Gasteiger partial charge in [0, 0.05) is 31.7 Å². The van der Waals surface area contributed by atoms with E-state index in [2.05, 4.69) is 54.9 Å². The number of rotatable bonds is 3. The number of anilines is 3. The first kappa shape index (κ1) is 12.1. The average molecular weight is 340 g/mol. The zero-order chi connectivity index (χ0) is 12.3. The maximum absolute atomic E-state index is 4.19. The average Bonchev–Trinajstić information content (AvgIpc) is 2.33. The molecule has 2 rings (SSSR count). The van der Waals surface area contributed by atoms with Crippen molar-refractivity contribution in [2.45, 2.75) is 0 Å². The summed E-state index contributed by atoms with van der Waals surface area (Å²) in [5, 5.41) is 3.26. The number of hydrogen-bond acceptors (Lipinski definition) is 4. The van der Waals surface area contributed by atoms with Crippen LogP contribution >= 0.6 is 22.6 Å². The molecule has 88 valence electrons. The molecule has 0 saturated heterocycles. The molecule has 0 aliphatic carbocycles. The summed E-state index contributed by atoms with van der Waals surface area (Å²) in [6.45, 7) is 0. The molecule has 0 amide bonds. The van der Waals surface area contributed by atoms with E-state index < -0.39 is 0 Å². The summed E-state index contributed by atoms with van der Waals surface area (Å²) in [6.07, 6.45) is 3.32. The van der Waals surface area contributed by atoms with Gasteiger partial charge in [0.1, 0.15) is 12.1 Å². The second-order valence-electron chi connectivity index (χ2n) is 3.79. The highest BCUT2D eigenvalue weighted by molar-refractivity contribution is 14.1. The van der Waals surface area contributed by atoms with Crippen LogP contribution in [0.5, 0.6) is 0 Å². The molecule has 0 bridgehead atoms. The van der Waals surface area contributed by atoms with Crippen molar-refractivity contribution >= 4 is 39.8 Å². The van der Waals surface area contributed by atoms with Gasteiger partial charge in [-0.05, 0) is 46.9 Å². The van der Waals surface area contributed by atoms with Gasteiger partial charge in [0.05, 0.1) is 3.57 Å². The van der Waals surface area contributed by atoms with Gasteiger partial charge >= 0.3 is 0 Å². The van der Waals surface area contributed by atoms with Crippen molar-refractivity contribution in [3.63, 3.8) is 0 Å². The second kappa shape index (κ2) is 5.31. The van der Waals surface area contributed by atoms with Gasteiger partial charge in [-0.2, -0.15) is 0 Å². The maximum Gasteiger partial charge on any atom is 0.147 e. The molecule has 1 aromatic heterocycles. The van der Waals surface area contributed by atoms with Gasteiger partial charge in [0.2, 0.25) is 0 Å². The summed E-state index contributed by atoms with van der Waals surface area (Å²) in [6, 6.07) is 8.20. The third-order valence-electron chi connectivity index (χ3n) is 2.31. The van der Waals surface area contributed by atoms with Crippen LogP contribution in [0.2, 0.25) is 0 Å². The van der Waals surface area contributed by atoms with Gasteiger partial charge in [0.15, 0.2) is 0 Å². The highest BCUT2D eigenvalue weighted by Gasteiger charge is 2.01. The molecule has 0 atom stereocenters. The fourth-order valence-electron chi connectivity index (χ4n) is 1.38. The Morgan fingerprint density at radius 3 is 2.47 bits per heavy atom. The van der Waals surface area contributed by atoms with Crippen molar-refractivity contribution in [1.29, 1.82) is 0 Å². The molecule has 1 N–H and O–H groups in total. The lowest BCUT2D eigenvalue weighted by Crippen LogP contribution is -2.08. The Hall–Kier alpha value is -1.37. The summed E-state index contributed by atoms with van der Waals surface area (Å²) in [5.41, 5.74) is 2.19. The zero-order valence-electron chi connectivity index (χ0n) is 9.68. The molecule has 0 fully saturated rings. The molecule has 17 heavy (non-hydrogen) atoms. The standard InChI is InChI=1S/C12H13IN4/c1-17(2)10-5-3-9(4-6-10)16-12-11(13)7-14-8-15-12/h3-8H,1-2H3,(H,14,15,16). The SMILES string of the molecule is CN(C)c1ccc(Nc2ncncc2I)cc1. The lowest BCUT2D eigenvalue weighted by Gasteiger charge is -2.13. The van der Waals surface area contributed by atoms with E-state index in [9.17, 15) is 0 Å². The molecule has 5 heteroatoms. The van der Waals surface area contributed by atoms with E-state index in [1.165, 1.54) is 5.69 Å². The third-order valence-corrected chi connectivity index (χ3v) is 3.10. The molecule has 0 aliphatic rings. The number of benzene rings is 1. The zero-order valence-corrected chi connectivity index (χ0v) is 11.8. The largest absolute Gasteiger partial charge is 0.378 e. The lowest BCUT2D eigenvalue weighted by molar-refractivity contribution is 1.13. The smallest absolute Gasteiger partial charge is 0.147 e. The molecule has 0 unspecified atom stereocenters. The van der Waals surface area contributed by atoms with E-state index in [-0.39, 0.29) is 0 Å².